The third-order valence-electron chi connectivity index (χ3n) is 3.95. The zero-order valence-corrected chi connectivity index (χ0v) is 11.8. The van der Waals surface area contributed by atoms with Gasteiger partial charge in [0.1, 0.15) is 0 Å². The van der Waals surface area contributed by atoms with Crippen LogP contribution < -0.4 is 5.73 Å². The Balaban J connectivity index is 1.88. The average molecular weight is 287 g/mol. The Bertz CT molecular complexity index is 701. The van der Waals surface area contributed by atoms with Crippen molar-refractivity contribution in [2.45, 2.75) is 13.0 Å². The predicted octanol–water partition coefficient (Wildman–Crippen LogP) is 2.30. The minimum atomic E-state index is 0.0854. The van der Waals surface area contributed by atoms with E-state index in [1.807, 2.05) is 39.9 Å². The fourth-order valence-electron chi connectivity index (χ4n) is 2.54. The molecule has 0 bridgehead atoms. The number of nitrogens with two attached hydrogens (primary N) is 1. The van der Waals surface area contributed by atoms with Crippen molar-refractivity contribution in [3.05, 3.63) is 47.9 Å². The fourth-order valence-corrected chi connectivity index (χ4v) is 2.54. The summed E-state index contributed by atoms with van der Waals surface area (Å²) in [6.07, 6.45) is 3.54. The van der Waals surface area contributed by atoms with Gasteiger partial charge in [-0.15, -0.1) is 0 Å². The summed E-state index contributed by atoms with van der Waals surface area (Å²) in [5, 5.41) is 0.983. The first-order chi connectivity index (χ1) is 10.2. The minimum absolute atomic E-state index is 0.0854. The molecule has 2 heterocycles. The molecule has 1 aliphatic rings. The SMILES string of the molecule is NCC(=CF)Cn1ccc2cc(C(=O)N3CCC3)ccc21. The van der Waals surface area contributed by atoms with Crippen LogP contribution in [-0.4, -0.2) is 35.0 Å². The van der Waals surface area contributed by atoms with Gasteiger partial charge < -0.3 is 15.2 Å². The van der Waals surface area contributed by atoms with E-state index in [0.29, 0.717) is 24.0 Å². The molecule has 2 aromatic rings. The van der Waals surface area contributed by atoms with Crippen LogP contribution in [0.3, 0.4) is 0 Å². The van der Waals surface area contributed by atoms with E-state index in [2.05, 4.69) is 0 Å². The van der Waals surface area contributed by atoms with Gasteiger partial charge >= 0.3 is 0 Å². The second kappa shape index (κ2) is 5.69. The first-order valence-corrected chi connectivity index (χ1v) is 7.09. The molecule has 4 nitrogen and oxygen atoms in total. The minimum Gasteiger partial charge on any atom is -0.343 e. The van der Waals surface area contributed by atoms with Crippen LogP contribution >= 0.6 is 0 Å². The molecule has 1 aromatic heterocycles. The van der Waals surface area contributed by atoms with Gasteiger partial charge in [-0.1, -0.05) is 0 Å². The van der Waals surface area contributed by atoms with E-state index >= 15 is 0 Å². The molecule has 1 amide bonds. The standard InChI is InChI=1S/C16H18FN3O/c17-9-12(10-18)11-20-7-4-13-8-14(2-3-15(13)20)16(21)19-5-1-6-19/h2-4,7-9H,1,5-6,10-11,18H2. The molecule has 110 valence electrons. The molecule has 2 N–H and O–H groups in total. The van der Waals surface area contributed by atoms with Crippen molar-refractivity contribution in [3.8, 4) is 0 Å². The summed E-state index contributed by atoms with van der Waals surface area (Å²) in [7, 11) is 0. The topological polar surface area (TPSA) is 51.3 Å². The molecule has 0 saturated carbocycles. The van der Waals surface area contributed by atoms with Crippen LogP contribution in [0.25, 0.3) is 10.9 Å². The number of hydrogen-bond donors (Lipinski definition) is 1. The molecule has 1 aromatic carbocycles. The zero-order valence-electron chi connectivity index (χ0n) is 11.8. The number of aromatic nitrogens is 1. The molecule has 0 aliphatic carbocycles. The van der Waals surface area contributed by atoms with Crippen molar-refractivity contribution in [2.75, 3.05) is 19.6 Å². The lowest BCUT2D eigenvalue weighted by atomic mass is 10.1. The van der Waals surface area contributed by atoms with Gasteiger partial charge in [0.05, 0.1) is 6.33 Å². The Morgan fingerprint density at radius 1 is 1.33 bits per heavy atom. The van der Waals surface area contributed by atoms with Gasteiger partial charge in [0.2, 0.25) is 0 Å². The van der Waals surface area contributed by atoms with Gasteiger partial charge in [0, 0.05) is 48.8 Å². The monoisotopic (exact) mass is 287 g/mol. The first-order valence-electron chi connectivity index (χ1n) is 7.09. The molecule has 0 radical (unpaired) electrons. The summed E-state index contributed by atoms with van der Waals surface area (Å²) in [5.41, 5.74) is 7.71. The highest BCUT2D eigenvalue weighted by Gasteiger charge is 2.21. The molecule has 1 fully saturated rings. The van der Waals surface area contributed by atoms with Crippen LogP contribution in [0.4, 0.5) is 4.39 Å². The third-order valence-corrected chi connectivity index (χ3v) is 3.95. The van der Waals surface area contributed by atoms with E-state index in [1.165, 1.54) is 0 Å². The van der Waals surface area contributed by atoms with Crippen molar-refractivity contribution in [3.63, 3.8) is 0 Å². The highest BCUT2D eigenvalue weighted by molar-refractivity contribution is 5.98. The number of carbonyl (C=O) groups excluding carboxylic acids is 1. The summed E-state index contributed by atoms with van der Waals surface area (Å²) in [4.78, 5) is 14.0. The third kappa shape index (κ3) is 2.56. The molecular formula is C16H18FN3O. The van der Waals surface area contributed by atoms with Crippen LogP contribution in [0.1, 0.15) is 16.8 Å². The van der Waals surface area contributed by atoms with Crippen LogP contribution in [0.5, 0.6) is 0 Å². The number of halogens is 1. The van der Waals surface area contributed by atoms with E-state index in [4.69, 9.17) is 5.73 Å². The van der Waals surface area contributed by atoms with Crippen molar-refractivity contribution < 1.29 is 9.18 Å². The van der Waals surface area contributed by atoms with Gasteiger partial charge in [0.25, 0.3) is 5.91 Å². The molecule has 21 heavy (non-hydrogen) atoms. The molecule has 0 spiro atoms. The number of rotatable bonds is 4. The lowest BCUT2D eigenvalue weighted by Gasteiger charge is -2.30. The summed E-state index contributed by atoms with van der Waals surface area (Å²) >= 11 is 0. The molecule has 0 atom stereocenters. The Morgan fingerprint density at radius 3 is 2.76 bits per heavy atom. The number of fused-ring (bicyclic) bond motifs is 1. The quantitative estimate of drug-likeness (QED) is 0.938. The zero-order chi connectivity index (χ0) is 14.8. The van der Waals surface area contributed by atoms with E-state index in [1.54, 1.807) is 0 Å². The molecule has 3 rings (SSSR count). The maximum Gasteiger partial charge on any atom is 0.253 e. The average Bonchev–Trinajstić information content (AvgIpc) is 2.85. The first kappa shape index (κ1) is 13.8. The van der Waals surface area contributed by atoms with Crippen molar-refractivity contribution in [1.29, 1.82) is 0 Å². The lowest BCUT2D eigenvalue weighted by molar-refractivity contribution is 0.0652. The van der Waals surface area contributed by atoms with Gasteiger partial charge in [-0.05, 0) is 36.3 Å². The Hall–Kier alpha value is -2.14. The van der Waals surface area contributed by atoms with Crippen molar-refractivity contribution >= 4 is 16.8 Å². The van der Waals surface area contributed by atoms with E-state index in [9.17, 15) is 9.18 Å². The van der Waals surface area contributed by atoms with E-state index in [-0.39, 0.29) is 12.5 Å². The maximum absolute atomic E-state index is 12.6. The highest BCUT2D eigenvalue weighted by atomic mass is 19.1. The Morgan fingerprint density at radius 2 is 2.14 bits per heavy atom. The maximum atomic E-state index is 12.6. The number of amides is 1. The molecular weight excluding hydrogens is 269 g/mol. The molecule has 1 saturated heterocycles. The van der Waals surface area contributed by atoms with Crippen LogP contribution in [0, 0.1) is 0 Å². The lowest BCUT2D eigenvalue weighted by Crippen LogP contribution is -2.41. The van der Waals surface area contributed by atoms with Crippen LogP contribution in [0.15, 0.2) is 42.4 Å². The van der Waals surface area contributed by atoms with E-state index in [0.717, 1.165) is 30.4 Å². The smallest absolute Gasteiger partial charge is 0.253 e. The van der Waals surface area contributed by atoms with Crippen molar-refractivity contribution in [2.24, 2.45) is 5.73 Å². The van der Waals surface area contributed by atoms with Gasteiger partial charge in [0.15, 0.2) is 0 Å². The molecule has 5 heteroatoms. The second-order valence-electron chi connectivity index (χ2n) is 5.33. The van der Waals surface area contributed by atoms with Gasteiger partial charge in [-0.3, -0.25) is 4.79 Å². The van der Waals surface area contributed by atoms with Crippen molar-refractivity contribution in [1.82, 2.24) is 9.47 Å². The van der Waals surface area contributed by atoms with Crippen LogP contribution in [-0.2, 0) is 6.54 Å². The highest BCUT2D eigenvalue weighted by Crippen LogP contribution is 2.21. The second-order valence-corrected chi connectivity index (χ2v) is 5.33. The Labute approximate surface area is 122 Å². The summed E-state index contributed by atoms with van der Waals surface area (Å²) in [6.45, 7) is 2.32. The fraction of sp³-hybridized carbons (Fsp3) is 0.312. The molecule has 0 unspecified atom stereocenters. The van der Waals surface area contributed by atoms with Gasteiger partial charge in [-0.25, -0.2) is 4.39 Å². The van der Waals surface area contributed by atoms with Crippen LogP contribution in [0.2, 0.25) is 0 Å². The predicted molar refractivity (Wildman–Crippen MR) is 80.7 cm³/mol. The number of nitrogens with zero attached hydrogens (tertiary/aromatic N) is 2. The molecule has 1 aliphatic heterocycles. The van der Waals surface area contributed by atoms with Gasteiger partial charge in [-0.2, -0.15) is 0 Å². The van der Waals surface area contributed by atoms with E-state index < -0.39 is 0 Å². The Kier molecular flexibility index (Phi) is 3.75. The number of benzene rings is 1. The number of likely N-dealkylation sites (tertiary alicyclic amines) is 1. The normalized spacial score (nSPS) is 15.3. The number of hydrogen-bond acceptors (Lipinski definition) is 2. The summed E-state index contributed by atoms with van der Waals surface area (Å²) in [5.74, 6) is 0.0854. The largest absolute Gasteiger partial charge is 0.343 e. The summed E-state index contributed by atoms with van der Waals surface area (Å²) < 4.78 is 14.6. The summed E-state index contributed by atoms with van der Waals surface area (Å²) in [6, 6.07) is 7.58. The number of carbonyl (C=O) groups is 1.